The first-order chi connectivity index (χ1) is 15.8. The van der Waals surface area contributed by atoms with E-state index in [4.69, 9.17) is 19.0 Å². The zero-order valence-corrected chi connectivity index (χ0v) is 18.8. The number of hydroxylamine groups is 2. The van der Waals surface area contributed by atoms with Crippen molar-refractivity contribution in [2.75, 3.05) is 25.0 Å². The summed E-state index contributed by atoms with van der Waals surface area (Å²) >= 11 is 0. The van der Waals surface area contributed by atoms with E-state index in [2.05, 4.69) is 15.3 Å². The van der Waals surface area contributed by atoms with Gasteiger partial charge in [0.25, 0.3) is 0 Å². The van der Waals surface area contributed by atoms with Crippen LogP contribution in [0.15, 0.2) is 24.5 Å². The smallest absolute Gasteiger partial charge is 0.490 e. The molecule has 1 aliphatic heterocycles. The Morgan fingerprint density at radius 1 is 1.18 bits per heavy atom. The second-order valence-electron chi connectivity index (χ2n) is 7.73. The number of rotatable bonds is 9. The van der Waals surface area contributed by atoms with Gasteiger partial charge in [0.1, 0.15) is 18.2 Å². The highest BCUT2D eigenvalue weighted by molar-refractivity contribution is 5.60. The van der Waals surface area contributed by atoms with Crippen molar-refractivity contribution in [1.29, 1.82) is 0 Å². The Balaban J connectivity index is 1.55. The van der Waals surface area contributed by atoms with Gasteiger partial charge in [0.05, 0.1) is 18.4 Å². The number of carbonyl (C=O) groups is 1. The van der Waals surface area contributed by atoms with Gasteiger partial charge in [-0.05, 0) is 20.3 Å². The summed E-state index contributed by atoms with van der Waals surface area (Å²) in [7, 11) is 0. The van der Waals surface area contributed by atoms with E-state index >= 15 is 0 Å². The molecule has 1 aromatic heterocycles. The molecule has 1 N–H and O–H groups in total. The average molecular weight is 466 g/mol. The Bertz CT molecular complexity index is 939. The lowest BCUT2D eigenvalue weighted by Gasteiger charge is -2.30. The number of benzene rings is 1. The topological polar surface area (TPSA) is 95.0 Å². The number of nitrogens with zero attached hydrogens (tertiary/aromatic N) is 3. The molecule has 0 aliphatic carbocycles. The second-order valence-corrected chi connectivity index (χ2v) is 7.73. The molecule has 0 saturated carbocycles. The van der Waals surface area contributed by atoms with E-state index in [1.165, 1.54) is 17.5 Å². The van der Waals surface area contributed by atoms with Crippen molar-refractivity contribution >= 4 is 17.7 Å². The molecule has 0 unspecified atom stereocenters. The standard InChI is InChI=1S/C22H28F2N4O5/c1-4-9-30-19-11-16(23)18(10-17(19)24)27-20-12-21(26-13-25-20)32-15-5-7-28(8-6-15)33-22(29)31-14(2)3/h10-15H,4-9H2,1-3H3,(H,25,26,27). The van der Waals surface area contributed by atoms with Crippen LogP contribution in [0.25, 0.3) is 0 Å². The molecule has 2 aromatic rings. The third kappa shape index (κ3) is 7.41. The number of hydrogen-bond donors (Lipinski definition) is 1. The Hall–Kier alpha value is -3.21. The predicted octanol–water partition coefficient (Wildman–Crippen LogP) is 4.61. The van der Waals surface area contributed by atoms with Gasteiger partial charge in [-0.3, -0.25) is 0 Å². The Kier molecular flexibility index (Phi) is 8.58. The molecule has 3 rings (SSSR count). The molecule has 0 spiro atoms. The second kappa shape index (κ2) is 11.6. The van der Waals surface area contributed by atoms with Gasteiger partial charge in [-0.15, -0.1) is 5.06 Å². The normalized spacial score (nSPS) is 14.7. The number of piperidine rings is 1. The third-order valence-electron chi connectivity index (χ3n) is 4.61. The molecule has 0 bridgehead atoms. The summed E-state index contributed by atoms with van der Waals surface area (Å²) in [5, 5.41) is 4.27. The number of nitrogens with one attached hydrogen (secondary N) is 1. The van der Waals surface area contributed by atoms with E-state index in [-0.39, 0.29) is 35.3 Å². The lowest BCUT2D eigenvalue weighted by atomic mass is 10.1. The van der Waals surface area contributed by atoms with E-state index in [1.807, 2.05) is 6.92 Å². The van der Waals surface area contributed by atoms with Crippen LogP contribution in [-0.2, 0) is 9.57 Å². The van der Waals surface area contributed by atoms with Crippen LogP contribution in [0.4, 0.5) is 25.1 Å². The van der Waals surface area contributed by atoms with Crippen molar-refractivity contribution < 1.29 is 32.6 Å². The number of carbonyl (C=O) groups excluding carboxylic acids is 1. The zero-order valence-electron chi connectivity index (χ0n) is 18.8. The molecule has 1 fully saturated rings. The molecule has 1 aromatic carbocycles. The van der Waals surface area contributed by atoms with Crippen molar-refractivity contribution in [3.05, 3.63) is 36.2 Å². The summed E-state index contributed by atoms with van der Waals surface area (Å²) in [4.78, 5) is 24.9. The summed E-state index contributed by atoms with van der Waals surface area (Å²) < 4.78 is 44.6. The van der Waals surface area contributed by atoms with E-state index < -0.39 is 17.8 Å². The highest BCUT2D eigenvalue weighted by atomic mass is 19.1. The number of anilines is 2. The minimum absolute atomic E-state index is 0.0836. The first-order valence-electron chi connectivity index (χ1n) is 10.8. The van der Waals surface area contributed by atoms with Gasteiger partial charge in [0.2, 0.25) is 5.88 Å². The van der Waals surface area contributed by atoms with Crippen molar-refractivity contribution in [3.63, 3.8) is 0 Å². The molecule has 33 heavy (non-hydrogen) atoms. The van der Waals surface area contributed by atoms with Crippen molar-refractivity contribution in [3.8, 4) is 11.6 Å². The number of ether oxygens (including phenoxy) is 3. The lowest BCUT2D eigenvalue weighted by Crippen LogP contribution is -2.40. The fraction of sp³-hybridized carbons (Fsp3) is 0.500. The molecular weight excluding hydrogens is 438 g/mol. The molecule has 11 heteroatoms. The first-order valence-corrected chi connectivity index (χ1v) is 10.8. The van der Waals surface area contributed by atoms with Crippen LogP contribution in [0, 0.1) is 11.6 Å². The molecule has 0 radical (unpaired) electrons. The minimum Gasteiger partial charge on any atom is -0.490 e. The van der Waals surface area contributed by atoms with Crippen LogP contribution < -0.4 is 14.8 Å². The molecule has 0 amide bonds. The van der Waals surface area contributed by atoms with Gasteiger partial charge in [0.15, 0.2) is 17.4 Å². The predicted molar refractivity (Wildman–Crippen MR) is 115 cm³/mol. The fourth-order valence-corrected chi connectivity index (χ4v) is 3.09. The summed E-state index contributed by atoms with van der Waals surface area (Å²) in [6.45, 7) is 6.61. The third-order valence-corrected chi connectivity index (χ3v) is 4.61. The Morgan fingerprint density at radius 2 is 1.94 bits per heavy atom. The van der Waals surface area contributed by atoms with Gasteiger partial charge in [-0.2, -0.15) is 0 Å². The quantitative estimate of drug-likeness (QED) is 0.532. The van der Waals surface area contributed by atoms with Crippen LogP contribution in [0.5, 0.6) is 11.6 Å². The van der Waals surface area contributed by atoms with Crippen LogP contribution >= 0.6 is 0 Å². The highest BCUT2D eigenvalue weighted by Crippen LogP contribution is 2.28. The molecule has 1 saturated heterocycles. The SMILES string of the molecule is CCCOc1cc(F)c(Nc2cc(OC3CCN(OC(=O)OC(C)C)CC3)ncn2)cc1F. The van der Waals surface area contributed by atoms with Gasteiger partial charge in [-0.25, -0.2) is 23.5 Å². The van der Waals surface area contributed by atoms with Crippen LogP contribution in [0.3, 0.4) is 0 Å². The van der Waals surface area contributed by atoms with E-state index in [0.29, 0.717) is 39.0 Å². The zero-order chi connectivity index (χ0) is 23.8. The van der Waals surface area contributed by atoms with Crippen LogP contribution in [0.2, 0.25) is 0 Å². The number of halogens is 2. The maximum absolute atomic E-state index is 14.4. The maximum Gasteiger partial charge on any atom is 0.528 e. The van der Waals surface area contributed by atoms with E-state index in [0.717, 1.165) is 12.1 Å². The van der Waals surface area contributed by atoms with Gasteiger partial charge < -0.3 is 24.4 Å². The van der Waals surface area contributed by atoms with Gasteiger partial charge in [-0.1, -0.05) is 6.92 Å². The molecular formula is C22H28F2N4O5. The fourth-order valence-electron chi connectivity index (χ4n) is 3.09. The Morgan fingerprint density at radius 3 is 2.64 bits per heavy atom. The minimum atomic E-state index is -0.732. The van der Waals surface area contributed by atoms with Crippen molar-refractivity contribution in [2.45, 2.75) is 52.2 Å². The highest BCUT2D eigenvalue weighted by Gasteiger charge is 2.24. The van der Waals surface area contributed by atoms with Crippen molar-refractivity contribution in [2.24, 2.45) is 0 Å². The van der Waals surface area contributed by atoms with Gasteiger partial charge >= 0.3 is 6.16 Å². The largest absolute Gasteiger partial charge is 0.528 e. The summed E-state index contributed by atoms with van der Waals surface area (Å²) in [6.07, 6.45) is 2.01. The average Bonchev–Trinajstić information content (AvgIpc) is 2.76. The summed E-state index contributed by atoms with van der Waals surface area (Å²) in [6, 6.07) is 3.52. The molecule has 9 nitrogen and oxygen atoms in total. The molecule has 2 heterocycles. The number of hydrogen-bond acceptors (Lipinski definition) is 9. The number of aromatic nitrogens is 2. The van der Waals surface area contributed by atoms with Crippen molar-refractivity contribution in [1.82, 2.24) is 15.0 Å². The summed E-state index contributed by atoms with van der Waals surface area (Å²) in [5.74, 6) is -0.955. The molecule has 1 aliphatic rings. The monoisotopic (exact) mass is 466 g/mol. The van der Waals surface area contributed by atoms with Gasteiger partial charge in [0, 0.05) is 44.1 Å². The summed E-state index contributed by atoms with van der Waals surface area (Å²) in [5.41, 5.74) is -0.0836. The lowest BCUT2D eigenvalue weighted by molar-refractivity contribution is -0.151. The first kappa shape index (κ1) is 24.4. The molecule has 0 atom stereocenters. The molecule has 180 valence electrons. The maximum atomic E-state index is 14.4. The van der Waals surface area contributed by atoms with Crippen LogP contribution in [-0.4, -0.2) is 53.1 Å². The van der Waals surface area contributed by atoms with Crippen LogP contribution in [0.1, 0.15) is 40.0 Å². The van der Waals surface area contributed by atoms with E-state index in [9.17, 15) is 13.6 Å². The van der Waals surface area contributed by atoms with E-state index in [1.54, 1.807) is 13.8 Å². The Labute approximate surface area is 191 Å².